The van der Waals surface area contributed by atoms with Crippen LogP contribution in [0.4, 0.5) is 5.69 Å². The third-order valence-electron chi connectivity index (χ3n) is 3.58. The smallest absolute Gasteiger partial charge is 0.307 e. The topological polar surface area (TPSA) is 64.6 Å². The highest BCUT2D eigenvalue weighted by atomic mass is 16.5. The summed E-state index contributed by atoms with van der Waals surface area (Å²) in [6.45, 7) is 1.57. The van der Waals surface area contributed by atoms with Gasteiger partial charge in [0.05, 0.1) is 13.5 Å². The number of hydrogen-bond acceptors (Lipinski definition) is 4. The molecule has 2 rings (SSSR count). The van der Waals surface area contributed by atoms with Gasteiger partial charge in [-0.3, -0.25) is 9.59 Å². The van der Waals surface area contributed by atoms with Crippen molar-refractivity contribution in [3.8, 4) is 5.75 Å². The molecule has 118 valence electrons. The molecule has 0 unspecified atom stereocenters. The fourth-order valence-corrected chi connectivity index (χ4v) is 2.30. The summed E-state index contributed by atoms with van der Waals surface area (Å²) in [4.78, 5) is 23.8. The zero-order valence-corrected chi connectivity index (χ0v) is 12.9. The number of anilines is 1. The predicted molar refractivity (Wildman–Crippen MR) is 83.7 cm³/mol. The molecule has 0 bridgehead atoms. The summed E-state index contributed by atoms with van der Waals surface area (Å²) >= 11 is 0. The normalized spacial score (nSPS) is 17.8. The molecule has 1 amide bonds. The Labute approximate surface area is 130 Å². The van der Waals surface area contributed by atoms with Crippen molar-refractivity contribution >= 4 is 17.6 Å². The van der Waals surface area contributed by atoms with E-state index >= 15 is 0 Å². The predicted octanol–water partition coefficient (Wildman–Crippen LogP) is 2.92. The molecule has 1 aromatic rings. The minimum Gasteiger partial charge on any atom is -0.497 e. The number of carbonyl (C=O) groups is 2. The summed E-state index contributed by atoms with van der Waals surface area (Å²) < 4.78 is 10.2. The van der Waals surface area contributed by atoms with Crippen molar-refractivity contribution in [2.24, 2.45) is 5.92 Å². The van der Waals surface area contributed by atoms with Gasteiger partial charge in [-0.25, -0.2) is 0 Å². The van der Waals surface area contributed by atoms with Gasteiger partial charge in [0.15, 0.2) is 6.10 Å². The van der Waals surface area contributed by atoms with Crippen LogP contribution in [0.25, 0.3) is 0 Å². The number of nitrogens with one attached hydrogen (secondary N) is 1. The number of carbonyl (C=O) groups excluding carboxylic acids is 2. The quantitative estimate of drug-likeness (QED) is 0.648. The van der Waals surface area contributed by atoms with E-state index in [-0.39, 0.29) is 17.8 Å². The second kappa shape index (κ2) is 7.64. The van der Waals surface area contributed by atoms with Crippen molar-refractivity contribution in [3.05, 3.63) is 36.4 Å². The van der Waals surface area contributed by atoms with Crippen LogP contribution in [0.1, 0.15) is 26.2 Å². The lowest BCUT2D eigenvalue weighted by atomic mass is 10.1. The van der Waals surface area contributed by atoms with Gasteiger partial charge in [0, 0.05) is 5.69 Å². The van der Waals surface area contributed by atoms with Gasteiger partial charge in [-0.15, -0.1) is 0 Å². The van der Waals surface area contributed by atoms with Gasteiger partial charge in [0.2, 0.25) is 0 Å². The van der Waals surface area contributed by atoms with Crippen LogP contribution in [-0.4, -0.2) is 25.1 Å². The molecule has 1 aliphatic rings. The highest BCUT2D eigenvalue weighted by Crippen LogP contribution is 2.21. The molecule has 1 aromatic carbocycles. The first-order valence-electron chi connectivity index (χ1n) is 7.39. The lowest BCUT2D eigenvalue weighted by Gasteiger charge is -2.15. The van der Waals surface area contributed by atoms with Crippen molar-refractivity contribution in [1.82, 2.24) is 0 Å². The number of hydrogen-bond donors (Lipinski definition) is 1. The molecule has 0 fully saturated rings. The molecular weight excluding hydrogens is 282 g/mol. The molecule has 5 nitrogen and oxygen atoms in total. The van der Waals surface area contributed by atoms with Crippen LogP contribution in [0.15, 0.2) is 36.4 Å². The van der Waals surface area contributed by atoms with Gasteiger partial charge in [-0.05, 0) is 49.9 Å². The average molecular weight is 303 g/mol. The van der Waals surface area contributed by atoms with Gasteiger partial charge in [-0.2, -0.15) is 0 Å². The summed E-state index contributed by atoms with van der Waals surface area (Å²) in [6.07, 6.45) is 5.59. The first-order chi connectivity index (χ1) is 10.6. The number of methoxy groups -OCH3 is 1. The van der Waals surface area contributed by atoms with Gasteiger partial charge in [0.1, 0.15) is 5.75 Å². The fourth-order valence-electron chi connectivity index (χ4n) is 2.30. The molecular formula is C17H21NO4. The molecule has 1 aliphatic carbocycles. The van der Waals surface area contributed by atoms with Gasteiger partial charge in [0.25, 0.3) is 5.91 Å². The van der Waals surface area contributed by atoms with Crippen LogP contribution in [-0.2, 0) is 14.3 Å². The second-order valence-electron chi connectivity index (χ2n) is 5.32. The van der Waals surface area contributed by atoms with Crippen molar-refractivity contribution in [3.63, 3.8) is 0 Å². The maximum absolute atomic E-state index is 12.0. The van der Waals surface area contributed by atoms with Crippen LogP contribution in [0.5, 0.6) is 5.75 Å². The Bertz CT molecular complexity index is 550. The van der Waals surface area contributed by atoms with E-state index < -0.39 is 6.10 Å². The summed E-state index contributed by atoms with van der Waals surface area (Å²) in [5.74, 6) is 0.265. The molecule has 1 N–H and O–H groups in total. The summed E-state index contributed by atoms with van der Waals surface area (Å²) in [6, 6.07) is 6.96. The van der Waals surface area contributed by atoms with Crippen LogP contribution >= 0.6 is 0 Å². The van der Waals surface area contributed by atoms with E-state index in [1.165, 1.54) is 0 Å². The molecule has 0 aromatic heterocycles. The molecule has 0 saturated heterocycles. The Morgan fingerprint density at radius 3 is 2.64 bits per heavy atom. The zero-order chi connectivity index (χ0) is 15.9. The van der Waals surface area contributed by atoms with Crippen LogP contribution in [0, 0.1) is 5.92 Å². The largest absolute Gasteiger partial charge is 0.497 e. The van der Waals surface area contributed by atoms with E-state index in [1.807, 2.05) is 6.08 Å². The van der Waals surface area contributed by atoms with Crippen LogP contribution < -0.4 is 10.1 Å². The Kier molecular flexibility index (Phi) is 5.58. The maximum Gasteiger partial charge on any atom is 0.307 e. The first kappa shape index (κ1) is 16.1. The average Bonchev–Trinajstić information content (AvgIpc) is 3.00. The van der Waals surface area contributed by atoms with E-state index in [2.05, 4.69) is 11.4 Å². The zero-order valence-electron chi connectivity index (χ0n) is 12.9. The van der Waals surface area contributed by atoms with Crippen molar-refractivity contribution in [2.75, 3.05) is 12.4 Å². The van der Waals surface area contributed by atoms with Crippen molar-refractivity contribution in [1.29, 1.82) is 0 Å². The Hall–Kier alpha value is -2.30. The SMILES string of the molecule is COc1ccc(NC(=O)[C@H](C)OC(=O)C[C@H]2C=CCC2)cc1. The van der Waals surface area contributed by atoms with E-state index in [0.717, 1.165) is 12.8 Å². The second-order valence-corrected chi connectivity index (χ2v) is 5.32. The Morgan fingerprint density at radius 2 is 2.05 bits per heavy atom. The molecule has 0 radical (unpaired) electrons. The van der Waals surface area contributed by atoms with Crippen LogP contribution in [0.3, 0.4) is 0 Å². The third kappa shape index (κ3) is 4.62. The minimum atomic E-state index is -0.819. The Balaban J connectivity index is 1.80. The highest BCUT2D eigenvalue weighted by molar-refractivity contribution is 5.95. The molecule has 0 spiro atoms. The lowest BCUT2D eigenvalue weighted by Crippen LogP contribution is -2.30. The number of esters is 1. The number of allylic oxidation sites excluding steroid dienone is 2. The minimum absolute atomic E-state index is 0.240. The maximum atomic E-state index is 12.0. The molecule has 0 saturated carbocycles. The standard InChI is InChI=1S/C17H21NO4/c1-12(22-16(19)11-13-5-3-4-6-13)17(20)18-14-7-9-15(21-2)10-8-14/h3,5,7-10,12-13H,4,6,11H2,1-2H3,(H,18,20)/t12-,13-/m0/s1. The number of rotatable bonds is 6. The van der Waals surface area contributed by atoms with Crippen molar-refractivity contribution in [2.45, 2.75) is 32.3 Å². The van der Waals surface area contributed by atoms with E-state index in [1.54, 1.807) is 38.3 Å². The van der Waals surface area contributed by atoms with E-state index in [9.17, 15) is 9.59 Å². The summed E-state index contributed by atoms with van der Waals surface area (Å²) in [7, 11) is 1.58. The van der Waals surface area contributed by atoms with Gasteiger partial charge < -0.3 is 14.8 Å². The third-order valence-corrected chi connectivity index (χ3v) is 3.58. The van der Waals surface area contributed by atoms with Gasteiger partial charge >= 0.3 is 5.97 Å². The van der Waals surface area contributed by atoms with E-state index in [0.29, 0.717) is 17.9 Å². The molecule has 0 heterocycles. The fraction of sp³-hybridized carbons (Fsp3) is 0.412. The summed E-state index contributed by atoms with van der Waals surface area (Å²) in [5.41, 5.74) is 0.632. The molecule has 5 heteroatoms. The lowest BCUT2D eigenvalue weighted by molar-refractivity contribution is -0.153. The highest BCUT2D eigenvalue weighted by Gasteiger charge is 2.21. The molecule has 2 atom stereocenters. The summed E-state index contributed by atoms with van der Waals surface area (Å²) in [5, 5.41) is 2.71. The first-order valence-corrected chi connectivity index (χ1v) is 7.39. The number of amides is 1. The van der Waals surface area contributed by atoms with Crippen LogP contribution in [0.2, 0.25) is 0 Å². The molecule has 22 heavy (non-hydrogen) atoms. The van der Waals surface area contributed by atoms with E-state index in [4.69, 9.17) is 9.47 Å². The monoisotopic (exact) mass is 303 g/mol. The Morgan fingerprint density at radius 1 is 1.32 bits per heavy atom. The van der Waals surface area contributed by atoms with Gasteiger partial charge in [-0.1, -0.05) is 12.2 Å². The number of benzene rings is 1. The molecule has 0 aliphatic heterocycles. The van der Waals surface area contributed by atoms with Crippen molar-refractivity contribution < 1.29 is 19.1 Å². The number of ether oxygens (including phenoxy) is 2.